The van der Waals surface area contributed by atoms with E-state index in [1.807, 2.05) is 6.92 Å². The molecule has 1 aliphatic carbocycles. The maximum atomic E-state index is 11.8. The van der Waals surface area contributed by atoms with Gasteiger partial charge in [0.2, 0.25) is 0 Å². The van der Waals surface area contributed by atoms with Crippen LogP contribution in [0.5, 0.6) is 11.5 Å². The molecule has 0 saturated heterocycles. The van der Waals surface area contributed by atoms with Gasteiger partial charge in [-0.25, -0.2) is 0 Å². The van der Waals surface area contributed by atoms with Crippen LogP contribution < -0.4 is 10.1 Å². The highest BCUT2D eigenvalue weighted by Gasteiger charge is 2.25. The van der Waals surface area contributed by atoms with E-state index in [1.165, 1.54) is 12.1 Å². The van der Waals surface area contributed by atoms with Crippen LogP contribution in [0.15, 0.2) is 18.2 Å². The van der Waals surface area contributed by atoms with E-state index in [0.717, 1.165) is 12.8 Å². The molecule has 1 aromatic carbocycles. The molecule has 2 rings (SSSR count). The largest absolute Gasteiger partial charge is 0.508 e. The normalized spacial score (nSPS) is 14.6. The summed E-state index contributed by atoms with van der Waals surface area (Å²) in [6, 6.07) is 4.85. The minimum Gasteiger partial charge on any atom is -0.508 e. The minimum absolute atomic E-state index is 0.0735. The van der Waals surface area contributed by atoms with E-state index in [4.69, 9.17) is 4.74 Å². The zero-order chi connectivity index (χ0) is 11.5. The summed E-state index contributed by atoms with van der Waals surface area (Å²) in [6.07, 6.45) is 2.07. The number of hydrogen-bond donors (Lipinski definition) is 2. The quantitative estimate of drug-likeness (QED) is 0.813. The number of carbonyl (C=O) groups is 1. The number of ether oxygens (including phenoxy) is 1. The Bertz CT molecular complexity index is 399. The van der Waals surface area contributed by atoms with Crippen molar-refractivity contribution >= 4 is 5.91 Å². The van der Waals surface area contributed by atoms with Crippen LogP contribution in [0, 0.1) is 0 Å². The van der Waals surface area contributed by atoms with Gasteiger partial charge in [0.05, 0.1) is 12.2 Å². The fraction of sp³-hybridized carbons (Fsp3) is 0.417. The average Bonchev–Trinajstić information content (AvgIpc) is 3.05. The number of phenols is 1. The highest BCUT2D eigenvalue weighted by molar-refractivity contribution is 5.97. The summed E-state index contributed by atoms with van der Waals surface area (Å²) in [5.74, 6) is 0.407. The van der Waals surface area contributed by atoms with Crippen molar-refractivity contribution in [2.75, 3.05) is 6.61 Å². The third kappa shape index (κ3) is 2.45. The van der Waals surface area contributed by atoms with E-state index in [1.54, 1.807) is 6.07 Å². The Morgan fingerprint density at radius 3 is 2.94 bits per heavy atom. The second kappa shape index (κ2) is 4.43. The number of nitrogens with one attached hydrogen (secondary N) is 1. The Morgan fingerprint density at radius 1 is 1.56 bits per heavy atom. The van der Waals surface area contributed by atoms with Gasteiger partial charge in [-0.05, 0) is 38.0 Å². The summed E-state index contributed by atoms with van der Waals surface area (Å²) < 4.78 is 5.34. The third-order valence-electron chi connectivity index (χ3n) is 2.42. The van der Waals surface area contributed by atoms with Gasteiger partial charge in [0.15, 0.2) is 0 Å². The summed E-state index contributed by atoms with van der Waals surface area (Å²) in [4.78, 5) is 11.8. The summed E-state index contributed by atoms with van der Waals surface area (Å²) in [5, 5.41) is 12.2. The fourth-order valence-corrected chi connectivity index (χ4v) is 1.47. The lowest BCUT2D eigenvalue weighted by atomic mass is 10.1. The Labute approximate surface area is 94.2 Å². The van der Waals surface area contributed by atoms with Crippen LogP contribution in [-0.2, 0) is 0 Å². The molecule has 1 saturated carbocycles. The van der Waals surface area contributed by atoms with Gasteiger partial charge in [-0.3, -0.25) is 4.79 Å². The molecule has 0 atom stereocenters. The number of amides is 1. The molecular formula is C12H15NO3. The van der Waals surface area contributed by atoms with E-state index in [9.17, 15) is 9.90 Å². The molecule has 1 aliphatic rings. The van der Waals surface area contributed by atoms with Gasteiger partial charge in [0.25, 0.3) is 5.91 Å². The van der Waals surface area contributed by atoms with Gasteiger partial charge in [-0.2, -0.15) is 0 Å². The first-order valence-electron chi connectivity index (χ1n) is 5.47. The molecule has 2 N–H and O–H groups in total. The van der Waals surface area contributed by atoms with Crippen LogP contribution >= 0.6 is 0 Å². The number of aromatic hydroxyl groups is 1. The predicted octanol–water partition coefficient (Wildman–Crippen LogP) is 1.68. The second-order valence-electron chi connectivity index (χ2n) is 3.86. The van der Waals surface area contributed by atoms with Crippen molar-refractivity contribution in [3.05, 3.63) is 23.8 Å². The summed E-state index contributed by atoms with van der Waals surface area (Å²) in [6.45, 7) is 2.35. The highest BCUT2D eigenvalue weighted by Crippen LogP contribution is 2.25. The molecule has 0 heterocycles. The number of carbonyl (C=O) groups excluding carboxylic acids is 1. The maximum Gasteiger partial charge on any atom is 0.255 e. The van der Waals surface area contributed by atoms with Crippen LogP contribution in [0.4, 0.5) is 0 Å². The Hall–Kier alpha value is -1.71. The maximum absolute atomic E-state index is 11.8. The molecule has 4 nitrogen and oxygen atoms in total. The Balaban J connectivity index is 2.20. The Kier molecular flexibility index (Phi) is 2.99. The molecule has 16 heavy (non-hydrogen) atoms. The zero-order valence-electron chi connectivity index (χ0n) is 9.19. The second-order valence-corrected chi connectivity index (χ2v) is 3.86. The molecule has 0 bridgehead atoms. The molecule has 86 valence electrons. The number of phenolic OH excluding ortho intramolecular Hbond substituents is 1. The molecule has 1 aromatic rings. The number of rotatable bonds is 4. The lowest BCUT2D eigenvalue weighted by molar-refractivity contribution is 0.0947. The van der Waals surface area contributed by atoms with E-state index >= 15 is 0 Å². The van der Waals surface area contributed by atoms with Crippen molar-refractivity contribution < 1.29 is 14.6 Å². The van der Waals surface area contributed by atoms with Gasteiger partial charge in [-0.1, -0.05) is 0 Å². The van der Waals surface area contributed by atoms with Crippen molar-refractivity contribution in [2.45, 2.75) is 25.8 Å². The van der Waals surface area contributed by atoms with E-state index in [2.05, 4.69) is 5.32 Å². The van der Waals surface area contributed by atoms with Crippen LogP contribution in [0.2, 0.25) is 0 Å². The standard InChI is InChI=1S/C12H15NO3/c1-2-16-11-6-5-9(14)7-10(11)12(15)13-8-3-4-8/h5-8,14H,2-4H2,1H3,(H,13,15). The van der Waals surface area contributed by atoms with Gasteiger partial charge in [0.1, 0.15) is 11.5 Å². The molecule has 0 unspecified atom stereocenters. The predicted molar refractivity (Wildman–Crippen MR) is 59.8 cm³/mol. The van der Waals surface area contributed by atoms with Crippen LogP contribution in [0.3, 0.4) is 0 Å². The molecule has 0 radical (unpaired) electrons. The van der Waals surface area contributed by atoms with Crippen LogP contribution in [0.25, 0.3) is 0 Å². The van der Waals surface area contributed by atoms with Crippen LogP contribution in [0.1, 0.15) is 30.1 Å². The molecule has 1 amide bonds. The number of benzene rings is 1. The molecule has 0 aromatic heterocycles. The van der Waals surface area contributed by atoms with Crippen LogP contribution in [-0.4, -0.2) is 23.7 Å². The van der Waals surface area contributed by atoms with Crippen molar-refractivity contribution in [1.82, 2.24) is 5.32 Å². The first-order chi connectivity index (χ1) is 7.70. The van der Waals surface area contributed by atoms with Crippen molar-refractivity contribution in [3.8, 4) is 11.5 Å². The highest BCUT2D eigenvalue weighted by atomic mass is 16.5. The van der Waals surface area contributed by atoms with Crippen molar-refractivity contribution in [3.63, 3.8) is 0 Å². The van der Waals surface area contributed by atoms with Crippen molar-refractivity contribution in [2.24, 2.45) is 0 Å². The molecular weight excluding hydrogens is 206 g/mol. The lowest BCUT2D eigenvalue weighted by Crippen LogP contribution is -2.25. The summed E-state index contributed by atoms with van der Waals surface area (Å²) in [5.41, 5.74) is 0.397. The molecule has 0 aliphatic heterocycles. The summed E-state index contributed by atoms with van der Waals surface area (Å²) >= 11 is 0. The molecule has 0 spiro atoms. The Morgan fingerprint density at radius 2 is 2.31 bits per heavy atom. The number of hydrogen-bond acceptors (Lipinski definition) is 3. The van der Waals surface area contributed by atoms with Crippen molar-refractivity contribution in [1.29, 1.82) is 0 Å². The monoisotopic (exact) mass is 221 g/mol. The minimum atomic E-state index is -0.179. The van der Waals surface area contributed by atoms with Gasteiger partial charge < -0.3 is 15.2 Å². The van der Waals surface area contributed by atoms with Gasteiger partial charge >= 0.3 is 0 Å². The zero-order valence-corrected chi connectivity index (χ0v) is 9.19. The smallest absolute Gasteiger partial charge is 0.255 e. The van der Waals surface area contributed by atoms with E-state index < -0.39 is 0 Å². The SMILES string of the molecule is CCOc1ccc(O)cc1C(=O)NC1CC1. The first-order valence-corrected chi connectivity index (χ1v) is 5.47. The van der Waals surface area contributed by atoms with Gasteiger partial charge in [-0.15, -0.1) is 0 Å². The van der Waals surface area contributed by atoms with E-state index in [-0.39, 0.29) is 11.7 Å². The van der Waals surface area contributed by atoms with E-state index in [0.29, 0.717) is 24.0 Å². The first kappa shape index (κ1) is 10.8. The molecule has 4 heteroatoms. The fourth-order valence-electron chi connectivity index (χ4n) is 1.47. The average molecular weight is 221 g/mol. The molecule has 1 fully saturated rings. The third-order valence-corrected chi connectivity index (χ3v) is 2.42. The lowest BCUT2D eigenvalue weighted by Gasteiger charge is -2.10. The summed E-state index contributed by atoms with van der Waals surface area (Å²) in [7, 11) is 0. The van der Waals surface area contributed by atoms with Gasteiger partial charge in [0, 0.05) is 6.04 Å². The topological polar surface area (TPSA) is 58.6 Å².